The maximum atomic E-state index is 12.8. The fourth-order valence-corrected chi connectivity index (χ4v) is 3.10. The third-order valence-corrected chi connectivity index (χ3v) is 4.26. The van der Waals surface area contributed by atoms with Gasteiger partial charge in [0.05, 0.1) is 15.0 Å². The molecule has 1 saturated heterocycles. The van der Waals surface area contributed by atoms with Gasteiger partial charge in [-0.25, -0.2) is 0 Å². The standard InChI is InChI=1S/C14H20N2O3P2/c1-2-3-10-8-11(21-18)9-12(19-20)13(10)14(17)16-6-4-15-5-7-16/h8-9,15H,2-7,20H2,1H3. The molecule has 1 amide bonds. The average Bonchev–Trinajstić information content (AvgIpc) is 2.54. The molecule has 21 heavy (non-hydrogen) atoms. The Morgan fingerprint density at radius 2 is 2.14 bits per heavy atom. The van der Waals surface area contributed by atoms with Gasteiger partial charge in [-0.3, -0.25) is 9.36 Å². The summed E-state index contributed by atoms with van der Waals surface area (Å²) in [6.45, 7) is 5.07. The Hall–Kier alpha value is -1.02. The molecule has 2 rings (SSSR count). The number of aryl methyl sites for hydroxylation is 1. The molecule has 7 heteroatoms. The molecule has 0 aromatic heterocycles. The van der Waals surface area contributed by atoms with Crippen LogP contribution in [0, 0.1) is 0 Å². The highest BCUT2D eigenvalue weighted by molar-refractivity contribution is 7.34. The molecule has 1 N–H and O–H groups in total. The summed E-state index contributed by atoms with van der Waals surface area (Å²) in [6, 6.07) is 3.50. The Balaban J connectivity index is 2.43. The molecule has 1 fully saturated rings. The minimum Gasteiger partial charge on any atom is -0.479 e. The molecule has 0 bridgehead atoms. The average molecular weight is 326 g/mol. The molecular formula is C14H20N2O3P2. The van der Waals surface area contributed by atoms with E-state index in [-0.39, 0.29) is 14.4 Å². The van der Waals surface area contributed by atoms with E-state index in [1.54, 1.807) is 6.07 Å². The number of hydrogen-bond donors (Lipinski definition) is 1. The zero-order chi connectivity index (χ0) is 15.2. The van der Waals surface area contributed by atoms with Gasteiger partial charge in [0, 0.05) is 31.5 Å². The zero-order valence-electron chi connectivity index (χ0n) is 12.1. The quantitative estimate of drug-likeness (QED) is 0.838. The smallest absolute Gasteiger partial charge is 0.258 e. The van der Waals surface area contributed by atoms with E-state index in [2.05, 4.69) is 21.7 Å². The molecule has 0 spiro atoms. The van der Waals surface area contributed by atoms with Crippen molar-refractivity contribution in [1.29, 1.82) is 0 Å². The number of carbonyl (C=O) groups is 1. The van der Waals surface area contributed by atoms with E-state index in [1.165, 1.54) is 0 Å². The van der Waals surface area contributed by atoms with Crippen LogP contribution in [0.3, 0.4) is 0 Å². The predicted octanol–water partition coefficient (Wildman–Crippen LogP) is 1.77. The Morgan fingerprint density at radius 1 is 1.43 bits per heavy atom. The number of piperazine rings is 1. The van der Waals surface area contributed by atoms with E-state index in [1.807, 2.05) is 11.0 Å². The summed E-state index contributed by atoms with van der Waals surface area (Å²) in [5.41, 5.74) is 1.50. The lowest BCUT2D eigenvalue weighted by Crippen LogP contribution is -2.46. The number of benzene rings is 1. The molecule has 0 aliphatic carbocycles. The summed E-state index contributed by atoms with van der Waals surface area (Å²) in [7, 11) is 2.11. The lowest BCUT2D eigenvalue weighted by Gasteiger charge is -2.28. The van der Waals surface area contributed by atoms with Crippen molar-refractivity contribution in [2.75, 3.05) is 26.2 Å². The van der Waals surface area contributed by atoms with Gasteiger partial charge in [0.1, 0.15) is 5.75 Å². The Labute approximate surface area is 128 Å². The molecule has 0 saturated carbocycles. The first-order chi connectivity index (χ1) is 10.2. The number of amides is 1. The van der Waals surface area contributed by atoms with Gasteiger partial charge in [-0.2, -0.15) is 0 Å². The first kappa shape index (κ1) is 16.4. The van der Waals surface area contributed by atoms with Crippen LogP contribution in [0.25, 0.3) is 0 Å². The number of rotatable bonds is 5. The maximum Gasteiger partial charge on any atom is 0.258 e. The number of hydrogen-bond acceptors (Lipinski definition) is 4. The summed E-state index contributed by atoms with van der Waals surface area (Å²) >= 11 is 0. The largest absolute Gasteiger partial charge is 0.479 e. The molecule has 114 valence electrons. The van der Waals surface area contributed by atoms with Gasteiger partial charge in [-0.05, 0) is 24.1 Å². The summed E-state index contributed by atoms with van der Waals surface area (Å²) < 4.78 is 16.4. The van der Waals surface area contributed by atoms with Crippen LogP contribution in [0.4, 0.5) is 0 Å². The SMILES string of the molecule is CCCc1cc(P=O)cc(OP)c1C(=O)N1CCNCC1. The van der Waals surface area contributed by atoms with Gasteiger partial charge >= 0.3 is 0 Å². The van der Waals surface area contributed by atoms with Gasteiger partial charge < -0.3 is 14.7 Å². The molecule has 1 aliphatic rings. The highest BCUT2D eigenvalue weighted by Crippen LogP contribution is 2.27. The van der Waals surface area contributed by atoms with Crippen molar-refractivity contribution in [3.8, 4) is 5.75 Å². The van der Waals surface area contributed by atoms with E-state index < -0.39 is 0 Å². The fourth-order valence-electron chi connectivity index (χ4n) is 2.54. The molecule has 1 aliphatic heterocycles. The van der Waals surface area contributed by atoms with Crippen LogP contribution in [-0.4, -0.2) is 37.0 Å². The second-order valence-electron chi connectivity index (χ2n) is 4.98. The lowest BCUT2D eigenvalue weighted by atomic mass is 10.0. The highest BCUT2D eigenvalue weighted by Gasteiger charge is 2.24. The van der Waals surface area contributed by atoms with E-state index in [9.17, 15) is 9.36 Å². The molecule has 1 aromatic carbocycles. The number of nitrogens with one attached hydrogen (secondary N) is 1. The Bertz CT molecular complexity index is 531. The number of nitrogens with zero attached hydrogens (tertiary/aromatic N) is 1. The summed E-state index contributed by atoms with van der Waals surface area (Å²) in [6.07, 6.45) is 1.68. The molecule has 5 nitrogen and oxygen atoms in total. The lowest BCUT2D eigenvalue weighted by molar-refractivity contribution is 0.0733. The van der Waals surface area contributed by atoms with Gasteiger partial charge in [0.2, 0.25) is 0 Å². The van der Waals surface area contributed by atoms with Crippen molar-refractivity contribution in [3.63, 3.8) is 0 Å². The molecule has 1 atom stereocenters. The third-order valence-electron chi connectivity index (χ3n) is 3.54. The van der Waals surface area contributed by atoms with E-state index in [0.717, 1.165) is 31.5 Å². The third kappa shape index (κ3) is 3.79. The topological polar surface area (TPSA) is 58.6 Å². The second-order valence-corrected chi connectivity index (χ2v) is 5.91. The van der Waals surface area contributed by atoms with Crippen molar-refractivity contribution < 1.29 is 13.9 Å². The minimum atomic E-state index is -0.0637. The molecule has 1 unspecified atom stereocenters. The predicted molar refractivity (Wildman–Crippen MR) is 86.8 cm³/mol. The molecule has 0 radical (unpaired) electrons. The number of carbonyl (C=O) groups excluding carboxylic acids is 1. The summed E-state index contributed by atoms with van der Waals surface area (Å²) in [5.74, 6) is 0.472. The van der Waals surface area contributed by atoms with Crippen LogP contribution in [0.15, 0.2) is 12.1 Å². The Kier molecular flexibility index (Phi) is 6.10. The normalized spacial score (nSPS) is 15.2. The van der Waals surface area contributed by atoms with E-state index in [4.69, 9.17) is 4.52 Å². The monoisotopic (exact) mass is 326 g/mol. The first-order valence-electron chi connectivity index (χ1n) is 7.08. The van der Waals surface area contributed by atoms with Crippen LogP contribution < -0.4 is 15.1 Å². The highest BCUT2D eigenvalue weighted by atomic mass is 31.1. The van der Waals surface area contributed by atoms with Crippen molar-refractivity contribution in [3.05, 3.63) is 23.3 Å². The van der Waals surface area contributed by atoms with Crippen LogP contribution in [0.1, 0.15) is 29.3 Å². The van der Waals surface area contributed by atoms with Crippen molar-refractivity contribution >= 4 is 29.1 Å². The van der Waals surface area contributed by atoms with Crippen molar-refractivity contribution in [2.45, 2.75) is 19.8 Å². The summed E-state index contributed by atoms with van der Waals surface area (Å²) in [4.78, 5) is 14.6. The second kappa shape index (κ2) is 7.84. The Morgan fingerprint density at radius 3 is 2.71 bits per heavy atom. The van der Waals surface area contributed by atoms with Crippen LogP contribution in [0.2, 0.25) is 0 Å². The molecular weight excluding hydrogens is 306 g/mol. The van der Waals surface area contributed by atoms with Gasteiger partial charge in [-0.15, -0.1) is 0 Å². The fraction of sp³-hybridized carbons (Fsp3) is 0.500. The van der Waals surface area contributed by atoms with Crippen LogP contribution in [-0.2, 0) is 11.0 Å². The van der Waals surface area contributed by atoms with E-state index in [0.29, 0.717) is 29.7 Å². The summed E-state index contributed by atoms with van der Waals surface area (Å²) in [5, 5.41) is 3.87. The minimum absolute atomic E-state index is 0.00786. The van der Waals surface area contributed by atoms with Gasteiger partial charge in [0.25, 0.3) is 5.91 Å². The van der Waals surface area contributed by atoms with Crippen LogP contribution in [0.5, 0.6) is 5.75 Å². The molecule has 1 heterocycles. The maximum absolute atomic E-state index is 12.8. The zero-order valence-corrected chi connectivity index (χ0v) is 14.1. The van der Waals surface area contributed by atoms with Gasteiger partial charge in [0.15, 0.2) is 8.46 Å². The van der Waals surface area contributed by atoms with E-state index >= 15 is 0 Å². The van der Waals surface area contributed by atoms with Gasteiger partial charge in [-0.1, -0.05) is 13.3 Å². The molecule has 1 aromatic rings. The van der Waals surface area contributed by atoms with Crippen LogP contribution >= 0.6 is 17.9 Å². The first-order valence-corrected chi connectivity index (χ1v) is 8.36. The van der Waals surface area contributed by atoms with Crippen molar-refractivity contribution in [2.24, 2.45) is 0 Å². The van der Waals surface area contributed by atoms with Crippen molar-refractivity contribution in [1.82, 2.24) is 10.2 Å².